The van der Waals surface area contributed by atoms with Crippen LogP contribution in [0.15, 0.2) is 10.3 Å². The summed E-state index contributed by atoms with van der Waals surface area (Å²) in [7, 11) is -3.96. The van der Waals surface area contributed by atoms with E-state index in [1.807, 2.05) is 13.8 Å². The molecule has 1 atom stereocenters. The van der Waals surface area contributed by atoms with E-state index >= 15 is 0 Å². The van der Waals surface area contributed by atoms with E-state index in [4.69, 9.17) is 5.11 Å². The predicted octanol–water partition coefficient (Wildman–Crippen LogP) is 1.44. The standard InChI is InChI=1S/C12H19NO5S2/c1-7(2)4-9(5-14)13-20(17,18)11-8(3)6-19-10(11)12(15)16/h6-7,9,13-14H,4-5H2,1-3H3,(H,15,16). The van der Waals surface area contributed by atoms with Crippen LogP contribution in [-0.4, -0.2) is 37.2 Å². The number of carboxylic acid groups (broad SMARTS) is 1. The fourth-order valence-corrected chi connectivity index (χ4v) is 4.79. The van der Waals surface area contributed by atoms with E-state index in [2.05, 4.69) is 4.72 Å². The van der Waals surface area contributed by atoms with Gasteiger partial charge >= 0.3 is 5.97 Å². The van der Waals surface area contributed by atoms with Gasteiger partial charge < -0.3 is 10.2 Å². The highest BCUT2D eigenvalue weighted by Crippen LogP contribution is 2.27. The van der Waals surface area contributed by atoms with Crippen LogP contribution < -0.4 is 4.72 Å². The number of aromatic carboxylic acids is 1. The third-order valence-electron chi connectivity index (χ3n) is 2.68. The smallest absolute Gasteiger partial charge is 0.347 e. The first-order valence-corrected chi connectivity index (χ1v) is 8.49. The fraction of sp³-hybridized carbons (Fsp3) is 0.583. The number of carboxylic acids is 1. The molecule has 8 heteroatoms. The SMILES string of the molecule is Cc1csc(C(=O)O)c1S(=O)(=O)NC(CO)CC(C)C. The Balaban J connectivity index is 3.11. The van der Waals surface area contributed by atoms with Gasteiger partial charge in [0.15, 0.2) is 0 Å². The number of carbonyl (C=O) groups is 1. The summed E-state index contributed by atoms with van der Waals surface area (Å²) >= 11 is 0.879. The Morgan fingerprint density at radius 1 is 1.45 bits per heavy atom. The molecule has 0 aliphatic heterocycles. The second-order valence-electron chi connectivity index (χ2n) is 5.01. The van der Waals surface area contributed by atoms with Gasteiger partial charge in [0.1, 0.15) is 9.77 Å². The van der Waals surface area contributed by atoms with Crippen LogP contribution in [-0.2, 0) is 10.0 Å². The van der Waals surface area contributed by atoms with E-state index in [1.54, 1.807) is 6.92 Å². The summed E-state index contributed by atoms with van der Waals surface area (Å²) in [6.07, 6.45) is 0.474. The number of thiophene rings is 1. The number of hydrogen-bond donors (Lipinski definition) is 3. The number of sulfonamides is 1. The molecule has 3 N–H and O–H groups in total. The van der Waals surface area contributed by atoms with Crippen molar-refractivity contribution in [1.82, 2.24) is 4.72 Å². The van der Waals surface area contributed by atoms with Crippen molar-refractivity contribution in [2.75, 3.05) is 6.61 Å². The van der Waals surface area contributed by atoms with Crippen molar-refractivity contribution >= 4 is 27.3 Å². The molecule has 0 saturated heterocycles. The number of aliphatic hydroxyl groups is 1. The monoisotopic (exact) mass is 321 g/mol. The van der Waals surface area contributed by atoms with Gasteiger partial charge in [0, 0.05) is 6.04 Å². The minimum atomic E-state index is -3.96. The molecule has 0 aliphatic carbocycles. The summed E-state index contributed by atoms with van der Waals surface area (Å²) in [6.45, 7) is 5.04. The van der Waals surface area contributed by atoms with Crippen molar-refractivity contribution in [2.45, 2.75) is 38.1 Å². The van der Waals surface area contributed by atoms with Crippen LogP contribution in [0, 0.1) is 12.8 Å². The normalized spacial score (nSPS) is 13.7. The van der Waals surface area contributed by atoms with Crippen LogP contribution in [0.2, 0.25) is 0 Å². The molecule has 1 aromatic heterocycles. The molecule has 0 fully saturated rings. The molecular formula is C12H19NO5S2. The van der Waals surface area contributed by atoms with Gasteiger partial charge in [-0.2, -0.15) is 0 Å². The van der Waals surface area contributed by atoms with Crippen LogP contribution in [0.4, 0.5) is 0 Å². The molecule has 0 saturated carbocycles. The van der Waals surface area contributed by atoms with Crippen LogP contribution in [0.25, 0.3) is 0 Å². The lowest BCUT2D eigenvalue weighted by molar-refractivity contribution is 0.0698. The van der Waals surface area contributed by atoms with Crippen LogP contribution in [0.3, 0.4) is 0 Å². The van der Waals surface area contributed by atoms with Gasteiger partial charge in [-0.1, -0.05) is 13.8 Å². The van der Waals surface area contributed by atoms with Gasteiger partial charge in [-0.3, -0.25) is 0 Å². The number of rotatable bonds is 7. The molecule has 0 amide bonds. The lowest BCUT2D eigenvalue weighted by Crippen LogP contribution is -2.38. The summed E-state index contributed by atoms with van der Waals surface area (Å²) in [5.41, 5.74) is 0.390. The topological polar surface area (TPSA) is 104 Å². The Bertz CT molecular complexity index is 577. The molecule has 1 aromatic rings. The number of aryl methyl sites for hydroxylation is 1. The molecule has 0 aromatic carbocycles. The molecule has 114 valence electrons. The molecular weight excluding hydrogens is 302 g/mol. The lowest BCUT2D eigenvalue weighted by Gasteiger charge is -2.18. The van der Waals surface area contributed by atoms with E-state index in [-0.39, 0.29) is 22.3 Å². The molecule has 6 nitrogen and oxygen atoms in total. The lowest BCUT2D eigenvalue weighted by atomic mass is 10.1. The number of hydrogen-bond acceptors (Lipinski definition) is 5. The number of nitrogens with one attached hydrogen (secondary N) is 1. The largest absolute Gasteiger partial charge is 0.477 e. The van der Waals surface area contributed by atoms with E-state index in [0.717, 1.165) is 11.3 Å². The van der Waals surface area contributed by atoms with Gasteiger partial charge in [0.25, 0.3) is 0 Å². The maximum Gasteiger partial charge on any atom is 0.347 e. The summed E-state index contributed by atoms with van der Waals surface area (Å²) in [5.74, 6) is -1.06. The van der Waals surface area contributed by atoms with Crippen molar-refractivity contribution in [3.8, 4) is 0 Å². The summed E-state index contributed by atoms with van der Waals surface area (Å²) in [6, 6.07) is -0.624. The van der Waals surface area contributed by atoms with Gasteiger partial charge in [-0.05, 0) is 30.2 Å². The van der Waals surface area contributed by atoms with Gasteiger partial charge in [0.05, 0.1) is 6.61 Å². The zero-order valence-corrected chi connectivity index (χ0v) is 13.2. The van der Waals surface area contributed by atoms with Gasteiger partial charge in [-0.15, -0.1) is 11.3 Å². The molecule has 1 heterocycles. The highest BCUT2D eigenvalue weighted by Gasteiger charge is 2.28. The number of aliphatic hydroxyl groups excluding tert-OH is 1. The van der Waals surface area contributed by atoms with Crippen LogP contribution in [0.1, 0.15) is 35.5 Å². The van der Waals surface area contributed by atoms with Gasteiger partial charge in [-0.25, -0.2) is 17.9 Å². The van der Waals surface area contributed by atoms with Crippen molar-refractivity contribution < 1.29 is 23.4 Å². The maximum atomic E-state index is 12.3. The van der Waals surface area contributed by atoms with Crippen LogP contribution >= 0.6 is 11.3 Å². The predicted molar refractivity (Wildman–Crippen MR) is 76.7 cm³/mol. The summed E-state index contributed by atoms with van der Waals surface area (Å²) in [4.78, 5) is 10.7. The second-order valence-corrected chi connectivity index (χ2v) is 7.54. The Kier molecular flexibility index (Phi) is 5.69. The average molecular weight is 321 g/mol. The van der Waals surface area contributed by atoms with Crippen molar-refractivity contribution in [3.63, 3.8) is 0 Å². The van der Waals surface area contributed by atoms with E-state index in [0.29, 0.717) is 12.0 Å². The molecule has 0 bridgehead atoms. The molecule has 20 heavy (non-hydrogen) atoms. The van der Waals surface area contributed by atoms with Crippen molar-refractivity contribution in [1.29, 1.82) is 0 Å². The average Bonchev–Trinajstić information content (AvgIpc) is 2.70. The van der Waals surface area contributed by atoms with Gasteiger partial charge in [0.2, 0.25) is 10.0 Å². The Labute approximate surface area is 122 Å². The third kappa shape index (κ3) is 4.02. The second kappa shape index (κ2) is 6.66. The molecule has 0 aliphatic rings. The first-order chi connectivity index (χ1) is 9.19. The Hall–Kier alpha value is -0.960. The third-order valence-corrected chi connectivity index (χ3v) is 5.60. The zero-order valence-electron chi connectivity index (χ0n) is 11.6. The van der Waals surface area contributed by atoms with E-state index < -0.39 is 22.0 Å². The highest BCUT2D eigenvalue weighted by atomic mass is 32.2. The summed E-state index contributed by atoms with van der Waals surface area (Å²) in [5, 5.41) is 19.8. The summed E-state index contributed by atoms with van der Waals surface area (Å²) < 4.78 is 27.0. The molecule has 1 rings (SSSR count). The van der Waals surface area contributed by atoms with Crippen molar-refractivity contribution in [3.05, 3.63) is 15.8 Å². The maximum absolute atomic E-state index is 12.3. The van der Waals surface area contributed by atoms with E-state index in [1.165, 1.54) is 5.38 Å². The molecule has 1 unspecified atom stereocenters. The van der Waals surface area contributed by atoms with Crippen molar-refractivity contribution in [2.24, 2.45) is 5.92 Å². The van der Waals surface area contributed by atoms with Crippen LogP contribution in [0.5, 0.6) is 0 Å². The Morgan fingerprint density at radius 3 is 2.50 bits per heavy atom. The molecule has 0 spiro atoms. The zero-order chi connectivity index (χ0) is 15.5. The highest BCUT2D eigenvalue weighted by molar-refractivity contribution is 7.89. The minimum Gasteiger partial charge on any atom is -0.477 e. The van der Waals surface area contributed by atoms with E-state index in [9.17, 15) is 18.3 Å². The Morgan fingerprint density at radius 2 is 2.05 bits per heavy atom. The fourth-order valence-electron chi connectivity index (χ4n) is 1.92. The first-order valence-electron chi connectivity index (χ1n) is 6.13. The quantitative estimate of drug-likeness (QED) is 0.705. The minimum absolute atomic E-state index is 0.206. The first kappa shape index (κ1) is 17.1. The molecule has 0 radical (unpaired) electrons.